The van der Waals surface area contributed by atoms with E-state index in [4.69, 9.17) is 30.5 Å². The maximum absolute atomic E-state index is 13.4. The van der Waals surface area contributed by atoms with Crippen molar-refractivity contribution in [3.05, 3.63) is 82.1 Å². The molecule has 3 aromatic carbocycles. The van der Waals surface area contributed by atoms with Crippen LogP contribution >= 0.6 is 11.6 Å². The van der Waals surface area contributed by atoms with Crippen molar-refractivity contribution in [3.8, 4) is 23.0 Å². The van der Waals surface area contributed by atoms with E-state index in [0.717, 1.165) is 6.42 Å². The van der Waals surface area contributed by atoms with E-state index in [9.17, 15) is 9.18 Å². The van der Waals surface area contributed by atoms with Gasteiger partial charge in [0.25, 0.3) is 5.91 Å². The van der Waals surface area contributed by atoms with Crippen LogP contribution in [0.5, 0.6) is 23.0 Å². The smallest absolute Gasteiger partial charge is 0.271 e. The summed E-state index contributed by atoms with van der Waals surface area (Å²) in [6, 6.07) is 14.3. The Morgan fingerprint density at radius 2 is 1.86 bits per heavy atom. The van der Waals surface area contributed by atoms with Gasteiger partial charge in [-0.15, -0.1) is 0 Å². The summed E-state index contributed by atoms with van der Waals surface area (Å²) in [7, 11) is 1.48. The highest BCUT2D eigenvalue weighted by Gasteiger charge is 2.13. The minimum absolute atomic E-state index is 0.114. The van der Waals surface area contributed by atoms with Gasteiger partial charge in [0.1, 0.15) is 12.4 Å². The number of halogens is 2. The fourth-order valence-corrected chi connectivity index (χ4v) is 3.49. The summed E-state index contributed by atoms with van der Waals surface area (Å²) < 4.78 is 35.8. The molecular formula is C27H28ClFN2O5. The van der Waals surface area contributed by atoms with Gasteiger partial charge < -0.3 is 18.9 Å². The number of ether oxygens (including phenoxy) is 4. The molecule has 190 valence electrons. The van der Waals surface area contributed by atoms with Crippen molar-refractivity contribution < 1.29 is 28.1 Å². The molecular weight excluding hydrogens is 487 g/mol. The van der Waals surface area contributed by atoms with Crippen LogP contribution in [-0.4, -0.2) is 32.4 Å². The first-order valence-corrected chi connectivity index (χ1v) is 11.8. The zero-order valence-electron chi connectivity index (χ0n) is 20.3. The Hall–Kier alpha value is -3.78. The van der Waals surface area contributed by atoms with E-state index in [0.29, 0.717) is 52.9 Å². The van der Waals surface area contributed by atoms with Crippen molar-refractivity contribution >= 4 is 23.7 Å². The summed E-state index contributed by atoms with van der Waals surface area (Å²) in [5, 5.41) is 4.30. The SMILES string of the molecule is CCCOc1ccc(C(=O)N/N=C/c2cc(Cl)c(OCc3cccc(F)c3)c(OC)c2)cc1OCC. The first kappa shape index (κ1) is 26.8. The molecule has 1 amide bonds. The van der Waals surface area contributed by atoms with E-state index in [-0.39, 0.29) is 17.4 Å². The minimum Gasteiger partial charge on any atom is -0.493 e. The van der Waals surface area contributed by atoms with Crippen LogP contribution in [0.15, 0.2) is 59.7 Å². The van der Waals surface area contributed by atoms with Crippen LogP contribution in [0, 0.1) is 5.82 Å². The maximum Gasteiger partial charge on any atom is 0.271 e. The van der Waals surface area contributed by atoms with Crippen molar-refractivity contribution in [2.24, 2.45) is 5.10 Å². The molecule has 0 saturated heterocycles. The topological polar surface area (TPSA) is 78.4 Å². The first-order chi connectivity index (χ1) is 17.4. The second-order valence-electron chi connectivity index (χ2n) is 7.59. The number of carbonyl (C=O) groups is 1. The second kappa shape index (κ2) is 13.3. The third kappa shape index (κ3) is 7.36. The van der Waals surface area contributed by atoms with Gasteiger partial charge >= 0.3 is 0 Å². The molecule has 0 atom stereocenters. The average Bonchev–Trinajstić information content (AvgIpc) is 2.87. The van der Waals surface area contributed by atoms with E-state index in [1.807, 2.05) is 13.8 Å². The van der Waals surface area contributed by atoms with E-state index < -0.39 is 5.91 Å². The number of benzene rings is 3. The fourth-order valence-electron chi connectivity index (χ4n) is 3.22. The Bertz CT molecular complexity index is 1220. The van der Waals surface area contributed by atoms with E-state index >= 15 is 0 Å². The monoisotopic (exact) mass is 514 g/mol. The molecule has 0 aliphatic carbocycles. The minimum atomic E-state index is -0.414. The molecule has 0 radical (unpaired) electrons. The largest absolute Gasteiger partial charge is 0.493 e. The normalized spacial score (nSPS) is 10.8. The quantitative estimate of drug-likeness (QED) is 0.236. The zero-order valence-corrected chi connectivity index (χ0v) is 21.1. The molecule has 3 aromatic rings. The lowest BCUT2D eigenvalue weighted by Crippen LogP contribution is -2.17. The zero-order chi connectivity index (χ0) is 25.9. The first-order valence-electron chi connectivity index (χ1n) is 11.4. The summed E-state index contributed by atoms with van der Waals surface area (Å²) in [5.74, 6) is 1.00. The van der Waals surface area contributed by atoms with Gasteiger partial charge in [-0.1, -0.05) is 30.7 Å². The van der Waals surface area contributed by atoms with Gasteiger partial charge in [0, 0.05) is 5.56 Å². The molecule has 0 spiro atoms. The van der Waals surface area contributed by atoms with E-state index in [2.05, 4.69) is 10.5 Å². The van der Waals surface area contributed by atoms with Crippen LogP contribution in [0.2, 0.25) is 5.02 Å². The molecule has 0 aliphatic heterocycles. The highest BCUT2D eigenvalue weighted by atomic mass is 35.5. The molecule has 0 aliphatic rings. The van der Waals surface area contributed by atoms with Crippen LogP contribution in [0.25, 0.3) is 0 Å². The Kier molecular flexibility index (Phi) is 9.94. The van der Waals surface area contributed by atoms with Gasteiger partial charge in [0.2, 0.25) is 0 Å². The molecule has 1 N–H and O–H groups in total. The predicted molar refractivity (Wildman–Crippen MR) is 137 cm³/mol. The standard InChI is InChI=1S/C27H28ClFN2O5/c1-4-11-35-23-10-9-20(15-24(23)34-5-2)27(32)31-30-16-19-13-22(28)26(25(14-19)33-3)36-17-18-7-6-8-21(29)12-18/h6-10,12-16H,4-5,11,17H2,1-3H3,(H,31,32)/b30-16+. The van der Waals surface area contributed by atoms with Crippen molar-refractivity contribution in [2.75, 3.05) is 20.3 Å². The van der Waals surface area contributed by atoms with E-state index in [1.54, 1.807) is 42.5 Å². The fraction of sp³-hybridized carbons (Fsp3) is 0.259. The molecule has 9 heteroatoms. The summed E-state index contributed by atoms with van der Waals surface area (Å²) in [6.07, 6.45) is 2.29. The lowest BCUT2D eigenvalue weighted by Gasteiger charge is -2.13. The Labute approximate surface area is 214 Å². The summed E-state index contributed by atoms with van der Waals surface area (Å²) >= 11 is 6.39. The number of carbonyl (C=O) groups excluding carboxylic acids is 1. The number of hydrazone groups is 1. The number of hydrogen-bond acceptors (Lipinski definition) is 6. The van der Waals surface area contributed by atoms with Crippen LogP contribution in [0.4, 0.5) is 4.39 Å². The molecule has 0 heterocycles. The van der Waals surface area contributed by atoms with Gasteiger partial charge in [0.15, 0.2) is 23.0 Å². The molecule has 0 fully saturated rings. The Balaban J connectivity index is 1.68. The number of nitrogens with one attached hydrogen (secondary N) is 1. The maximum atomic E-state index is 13.4. The number of hydrogen-bond donors (Lipinski definition) is 1. The Morgan fingerprint density at radius 3 is 2.58 bits per heavy atom. The predicted octanol–water partition coefficient (Wildman–Crippen LogP) is 6.02. The molecule has 36 heavy (non-hydrogen) atoms. The average molecular weight is 515 g/mol. The number of nitrogens with zero attached hydrogens (tertiary/aromatic N) is 1. The van der Waals surface area contributed by atoms with Gasteiger partial charge in [-0.25, -0.2) is 9.82 Å². The van der Waals surface area contributed by atoms with Gasteiger partial charge in [-0.05, 0) is 66.9 Å². The van der Waals surface area contributed by atoms with Crippen LogP contribution < -0.4 is 24.4 Å². The molecule has 3 rings (SSSR count). The number of rotatable bonds is 12. The van der Waals surface area contributed by atoms with Gasteiger partial charge in [-0.3, -0.25) is 4.79 Å². The van der Waals surface area contributed by atoms with Crippen molar-refractivity contribution in [1.29, 1.82) is 0 Å². The summed E-state index contributed by atoms with van der Waals surface area (Å²) in [6.45, 7) is 4.98. The van der Waals surface area contributed by atoms with Gasteiger partial charge in [0.05, 0.1) is 31.6 Å². The van der Waals surface area contributed by atoms with Crippen molar-refractivity contribution in [2.45, 2.75) is 26.9 Å². The number of methoxy groups -OCH3 is 1. The molecule has 0 saturated carbocycles. The summed E-state index contributed by atoms with van der Waals surface area (Å²) in [4.78, 5) is 12.6. The van der Waals surface area contributed by atoms with Crippen molar-refractivity contribution in [3.63, 3.8) is 0 Å². The third-order valence-corrected chi connectivity index (χ3v) is 5.15. The second-order valence-corrected chi connectivity index (χ2v) is 8.00. The molecule has 0 bridgehead atoms. The van der Waals surface area contributed by atoms with Gasteiger partial charge in [-0.2, -0.15) is 5.10 Å². The highest BCUT2D eigenvalue weighted by molar-refractivity contribution is 6.32. The lowest BCUT2D eigenvalue weighted by molar-refractivity contribution is 0.0954. The number of amides is 1. The third-order valence-electron chi connectivity index (χ3n) is 4.87. The van der Waals surface area contributed by atoms with Crippen molar-refractivity contribution in [1.82, 2.24) is 5.43 Å². The van der Waals surface area contributed by atoms with Crippen LogP contribution in [-0.2, 0) is 6.61 Å². The molecule has 0 unspecified atom stereocenters. The lowest BCUT2D eigenvalue weighted by atomic mass is 10.2. The summed E-state index contributed by atoms with van der Waals surface area (Å²) in [5.41, 5.74) is 4.09. The Morgan fingerprint density at radius 1 is 1.03 bits per heavy atom. The highest BCUT2D eigenvalue weighted by Crippen LogP contribution is 2.36. The van der Waals surface area contributed by atoms with E-state index in [1.165, 1.54) is 25.5 Å². The molecule has 0 aromatic heterocycles. The van der Waals surface area contributed by atoms with Crippen LogP contribution in [0.3, 0.4) is 0 Å². The molecule has 7 nitrogen and oxygen atoms in total. The van der Waals surface area contributed by atoms with Crippen LogP contribution in [0.1, 0.15) is 41.8 Å².